The molecular formula is C18H27N3O. The Bertz CT molecular complexity index is 573. The molecule has 22 heavy (non-hydrogen) atoms. The molecule has 0 saturated carbocycles. The summed E-state index contributed by atoms with van der Waals surface area (Å²) in [6.07, 6.45) is 10.1. The Labute approximate surface area is 133 Å². The highest BCUT2D eigenvalue weighted by Crippen LogP contribution is 2.38. The Morgan fingerprint density at radius 1 is 1.41 bits per heavy atom. The highest BCUT2D eigenvalue weighted by atomic mass is 16.2. The summed E-state index contributed by atoms with van der Waals surface area (Å²) in [5, 5.41) is 4.43. The van der Waals surface area contributed by atoms with Crippen LogP contribution in [0.3, 0.4) is 0 Å². The molecule has 0 N–H and O–H groups in total. The lowest BCUT2D eigenvalue weighted by Crippen LogP contribution is -2.52. The fourth-order valence-electron chi connectivity index (χ4n) is 4.05. The summed E-state index contributed by atoms with van der Waals surface area (Å²) in [6, 6.07) is 0.241. The summed E-state index contributed by atoms with van der Waals surface area (Å²) >= 11 is 0. The van der Waals surface area contributed by atoms with E-state index in [2.05, 4.69) is 30.4 Å². The maximum atomic E-state index is 13.1. The number of hydrogen-bond donors (Lipinski definition) is 0. The van der Waals surface area contributed by atoms with E-state index in [4.69, 9.17) is 0 Å². The lowest BCUT2D eigenvalue weighted by Gasteiger charge is -2.46. The van der Waals surface area contributed by atoms with Crippen molar-refractivity contribution in [2.75, 3.05) is 6.54 Å². The van der Waals surface area contributed by atoms with Gasteiger partial charge in [-0.25, -0.2) is 0 Å². The normalized spacial score (nSPS) is 23.9. The third-order valence-electron chi connectivity index (χ3n) is 5.36. The van der Waals surface area contributed by atoms with Crippen molar-refractivity contribution in [2.45, 2.75) is 65.0 Å². The first-order valence-corrected chi connectivity index (χ1v) is 8.51. The van der Waals surface area contributed by atoms with E-state index in [-0.39, 0.29) is 17.4 Å². The minimum atomic E-state index is 0.148. The van der Waals surface area contributed by atoms with Gasteiger partial charge in [0.1, 0.15) is 0 Å². The number of carbonyl (C=O) groups excluding carboxylic acids is 1. The van der Waals surface area contributed by atoms with Gasteiger partial charge in [-0.2, -0.15) is 5.10 Å². The smallest absolute Gasteiger partial charge is 0.257 e. The molecular weight excluding hydrogens is 274 g/mol. The van der Waals surface area contributed by atoms with E-state index >= 15 is 0 Å². The molecule has 0 spiro atoms. The summed E-state index contributed by atoms with van der Waals surface area (Å²) in [6.45, 7) is 10.2. The third kappa shape index (κ3) is 2.59. The van der Waals surface area contributed by atoms with Crippen molar-refractivity contribution in [3.8, 4) is 0 Å². The lowest BCUT2D eigenvalue weighted by atomic mass is 9.75. The number of fused-ring (bicyclic) bond motifs is 1. The van der Waals surface area contributed by atoms with E-state index in [9.17, 15) is 4.79 Å². The highest BCUT2D eigenvalue weighted by Gasteiger charge is 2.40. The van der Waals surface area contributed by atoms with Gasteiger partial charge in [-0.1, -0.05) is 19.9 Å². The highest BCUT2D eigenvalue weighted by molar-refractivity contribution is 5.95. The number of piperidine rings is 1. The van der Waals surface area contributed by atoms with Gasteiger partial charge in [-0.05, 0) is 43.9 Å². The molecule has 0 bridgehead atoms. The van der Waals surface area contributed by atoms with Crippen LogP contribution >= 0.6 is 0 Å². The van der Waals surface area contributed by atoms with Gasteiger partial charge < -0.3 is 4.90 Å². The number of rotatable bonds is 3. The zero-order valence-electron chi connectivity index (χ0n) is 13.8. The first-order valence-electron chi connectivity index (χ1n) is 8.51. The molecule has 4 heteroatoms. The Balaban J connectivity index is 1.89. The number of aromatic nitrogens is 2. The van der Waals surface area contributed by atoms with E-state index in [1.165, 1.54) is 6.42 Å². The molecule has 0 aromatic carbocycles. The fourth-order valence-corrected chi connectivity index (χ4v) is 4.05. The molecule has 1 aromatic rings. The van der Waals surface area contributed by atoms with Crippen LogP contribution in [0.1, 0.15) is 62.0 Å². The van der Waals surface area contributed by atoms with E-state index < -0.39 is 0 Å². The summed E-state index contributed by atoms with van der Waals surface area (Å²) < 4.78 is 2.02. The number of aryl methyl sites for hydroxylation is 1. The Kier molecular flexibility index (Phi) is 4.11. The van der Waals surface area contributed by atoms with Crippen molar-refractivity contribution in [1.29, 1.82) is 0 Å². The van der Waals surface area contributed by atoms with Gasteiger partial charge in [-0.15, -0.1) is 6.58 Å². The zero-order chi connectivity index (χ0) is 15.7. The lowest BCUT2D eigenvalue weighted by molar-refractivity contribution is 0.0286. The van der Waals surface area contributed by atoms with Gasteiger partial charge in [0.25, 0.3) is 5.91 Å². The summed E-state index contributed by atoms with van der Waals surface area (Å²) in [7, 11) is 0. The standard InChI is InChI=1S/C18H27N3O/c1-4-8-16-18(2,3)10-7-11-20(16)17(22)14-13-19-21-12-6-5-9-15(14)21/h4,13,16H,1,5-12H2,2-3H3. The predicted molar refractivity (Wildman–Crippen MR) is 87.8 cm³/mol. The van der Waals surface area contributed by atoms with Crippen LogP contribution in [0.4, 0.5) is 0 Å². The molecule has 1 unspecified atom stereocenters. The molecule has 1 amide bonds. The quantitative estimate of drug-likeness (QED) is 0.802. The third-order valence-corrected chi connectivity index (χ3v) is 5.36. The predicted octanol–water partition coefficient (Wildman–Crippen LogP) is 3.43. The number of carbonyl (C=O) groups is 1. The summed E-state index contributed by atoms with van der Waals surface area (Å²) in [5.74, 6) is 0.169. The molecule has 3 rings (SSSR count). The van der Waals surface area contributed by atoms with Gasteiger partial charge in [0, 0.05) is 19.1 Å². The number of hydrogen-bond acceptors (Lipinski definition) is 2. The maximum Gasteiger partial charge on any atom is 0.257 e. The van der Waals surface area contributed by atoms with Gasteiger partial charge in [0.05, 0.1) is 17.5 Å². The second kappa shape index (κ2) is 5.90. The van der Waals surface area contributed by atoms with Crippen molar-refractivity contribution < 1.29 is 4.79 Å². The second-order valence-corrected chi connectivity index (χ2v) is 7.32. The van der Waals surface area contributed by atoms with Crippen molar-refractivity contribution in [2.24, 2.45) is 5.41 Å². The molecule has 1 saturated heterocycles. The monoisotopic (exact) mass is 301 g/mol. The Morgan fingerprint density at radius 3 is 3.00 bits per heavy atom. The summed E-state index contributed by atoms with van der Waals surface area (Å²) in [5.41, 5.74) is 2.11. The van der Waals surface area contributed by atoms with Crippen molar-refractivity contribution in [3.05, 3.63) is 30.1 Å². The van der Waals surface area contributed by atoms with E-state index in [1.54, 1.807) is 6.20 Å². The average Bonchev–Trinajstić information content (AvgIpc) is 2.92. The topological polar surface area (TPSA) is 38.1 Å². The molecule has 0 radical (unpaired) electrons. The first-order chi connectivity index (χ1) is 10.5. The van der Waals surface area contributed by atoms with E-state index in [0.29, 0.717) is 0 Å². The molecule has 1 atom stereocenters. The molecule has 0 aliphatic carbocycles. The number of likely N-dealkylation sites (tertiary alicyclic amines) is 1. The van der Waals surface area contributed by atoms with Crippen molar-refractivity contribution in [1.82, 2.24) is 14.7 Å². The largest absolute Gasteiger partial charge is 0.335 e. The van der Waals surface area contributed by atoms with Crippen LogP contribution in [0.25, 0.3) is 0 Å². The van der Waals surface area contributed by atoms with E-state index in [1.807, 2.05) is 10.8 Å². The van der Waals surface area contributed by atoms with Gasteiger partial charge >= 0.3 is 0 Å². The van der Waals surface area contributed by atoms with Crippen LogP contribution < -0.4 is 0 Å². The van der Waals surface area contributed by atoms with Crippen LogP contribution in [-0.2, 0) is 13.0 Å². The Hall–Kier alpha value is -1.58. The second-order valence-electron chi connectivity index (χ2n) is 7.32. The fraction of sp³-hybridized carbons (Fsp3) is 0.667. The molecule has 4 nitrogen and oxygen atoms in total. The molecule has 120 valence electrons. The van der Waals surface area contributed by atoms with E-state index in [0.717, 1.165) is 56.5 Å². The van der Waals surface area contributed by atoms with Crippen molar-refractivity contribution >= 4 is 5.91 Å². The van der Waals surface area contributed by atoms with Crippen LogP contribution in [0, 0.1) is 5.41 Å². The maximum absolute atomic E-state index is 13.1. The molecule has 1 fully saturated rings. The first kappa shape index (κ1) is 15.3. The van der Waals surface area contributed by atoms with Crippen LogP contribution in [0.2, 0.25) is 0 Å². The molecule has 3 heterocycles. The molecule has 1 aromatic heterocycles. The van der Waals surface area contributed by atoms with Gasteiger partial charge in [0.2, 0.25) is 0 Å². The summed E-state index contributed by atoms with van der Waals surface area (Å²) in [4.78, 5) is 15.2. The van der Waals surface area contributed by atoms with Gasteiger partial charge in [-0.3, -0.25) is 9.48 Å². The minimum Gasteiger partial charge on any atom is -0.335 e. The number of nitrogens with zero attached hydrogens (tertiary/aromatic N) is 3. The zero-order valence-corrected chi connectivity index (χ0v) is 13.8. The van der Waals surface area contributed by atoms with Crippen LogP contribution in [0.15, 0.2) is 18.9 Å². The molecule has 2 aliphatic rings. The van der Waals surface area contributed by atoms with Gasteiger partial charge in [0.15, 0.2) is 0 Å². The molecule has 2 aliphatic heterocycles. The van der Waals surface area contributed by atoms with Crippen LogP contribution in [0.5, 0.6) is 0 Å². The SMILES string of the molecule is C=CCC1N(C(=O)c2cnn3c2CCCC3)CCCC1(C)C. The van der Waals surface area contributed by atoms with Crippen molar-refractivity contribution in [3.63, 3.8) is 0 Å². The Morgan fingerprint density at radius 2 is 2.23 bits per heavy atom. The number of amides is 1. The average molecular weight is 301 g/mol. The van der Waals surface area contributed by atoms with Crippen LogP contribution in [-0.4, -0.2) is 33.2 Å². The minimum absolute atomic E-state index is 0.148.